The predicted octanol–water partition coefficient (Wildman–Crippen LogP) is 2.02. The number of nitrogens with zero attached hydrogens (tertiary/aromatic N) is 2. The molecule has 1 saturated heterocycles. The number of amides is 1. The largest absolute Gasteiger partial charge is 0.348 e. The molecular formula is C17H16FN5O2S. The van der Waals surface area contributed by atoms with Gasteiger partial charge in [-0.15, -0.1) is 11.3 Å². The van der Waals surface area contributed by atoms with Crippen LogP contribution in [0.2, 0.25) is 0 Å². The van der Waals surface area contributed by atoms with Gasteiger partial charge in [-0.2, -0.15) is 4.98 Å². The summed E-state index contributed by atoms with van der Waals surface area (Å²) >= 11 is 1.50. The van der Waals surface area contributed by atoms with Crippen molar-refractivity contribution in [3.05, 3.63) is 59.0 Å². The average molecular weight is 373 g/mol. The molecule has 0 radical (unpaired) electrons. The molecule has 9 heteroatoms. The summed E-state index contributed by atoms with van der Waals surface area (Å²) in [7, 11) is 0. The minimum Gasteiger partial charge on any atom is -0.348 e. The van der Waals surface area contributed by atoms with Crippen LogP contribution in [-0.4, -0.2) is 22.6 Å². The number of hydrogen-bond acceptors (Lipinski definition) is 7. The van der Waals surface area contributed by atoms with Crippen LogP contribution in [0.1, 0.15) is 17.4 Å². The first-order valence-corrected chi connectivity index (χ1v) is 8.97. The summed E-state index contributed by atoms with van der Waals surface area (Å²) in [4.78, 5) is 17.7. The zero-order chi connectivity index (χ0) is 17.9. The first-order chi connectivity index (χ1) is 12.7. The quantitative estimate of drug-likeness (QED) is 0.634. The Hall–Kier alpha value is -2.62. The van der Waals surface area contributed by atoms with Gasteiger partial charge in [0.05, 0.1) is 23.4 Å². The van der Waals surface area contributed by atoms with Gasteiger partial charge in [-0.25, -0.2) is 9.82 Å². The number of aromatic nitrogens is 2. The molecular weight excluding hydrogens is 357 g/mol. The van der Waals surface area contributed by atoms with E-state index >= 15 is 0 Å². The van der Waals surface area contributed by atoms with Gasteiger partial charge in [-0.05, 0) is 29.1 Å². The van der Waals surface area contributed by atoms with Crippen molar-refractivity contribution < 1.29 is 13.7 Å². The van der Waals surface area contributed by atoms with Gasteiger partial charge in [-0.3, -0.25) is 10.2 Å². The Balaban J connectivity index is 1.40. The summed E-state index contributed by atoms with van der Waals surface area (Å²) < 4.78 is 18.7. The molecule has 134 valence electrons. The Morgan fingerprint density at radius 3 is 3.12 bits per heavy atom. The number of benzene rings is 1. The fraction of sp³-hybridized carbons (Fsp3) is 0.235. The Morgan fingerprint density at radius 2 is 2.31 bits per heavy atom. The van der Waals surface area contributed by atoms with Crippen molar-refractivity contribution in [2.45, 2.75) is 12.6 Å². The van der Waals surface area contributed by atoms with E-state index < -0.39 is 0 Å². The molecule has 7 nitrogen and oxygen atoms in total. The Labute approximate surface area is 152 Å². The topological polar surface area (TPSA) is 92.1 Å². The third-order valence-electron chi connectivity index (χ3n) is 4.15. The summed E-state index contributed by atoms with van der Waals surface area (Å²) in [5, 5.41) is 8.63. The number of carbonyl (C=O) groups is 1. The number of rotatable bonds is 5. The van der Waals surface area contributed by atoms with Crippen LogP contribution in [0.15, 0.2) is 46.3 Å². The lowest BCUT2D eigenvalue weighted by Gasteiger charge is -2.18. The van der Waals surface area contributed by atoms with Crippen LogP contribution in [0.4, 0.5) is 4.39 Å². The zero-order valence-corrected chi connectivity index (χ0v) is 14.4. The molecule has 2 atom stereocenters. The van der Waals surface area contributed by atoms with Crippen molar-refractivity contribution in [3.63, 3.8) is 0 Å². The summed E-state index contributed by atoms with van der Waals surface area (Å²) in [6.07, 6.45) is 0. The van der Waals surface area contributed by atoms with E-state index in [0.717, 1.165) is 10.4 Å². The lowest BCUT2D eigenvalue weighted by Crippen LogP contribution is -2.35. The van der Waals surface area contributed by atoms with Crippen LogP contribution >= 0.6 is 11.3 Å². The molecule has 1 aliphatic heterocycles. The third kappa shape index (κ3) is 3.50. The molecule has 26 heavy (non-hydrogen) atoms. The highest BCUT2D eigenvalue weighted by Crippen LogP contribution is 2.26. The van der Waals surface area contributed by atoms with Gasteiger partial charge in [0.15, 0.2) is 5.82 Å². The average Bonchev–Trinajstić information content (AvgIpc) is 3.40. The third-order valence-corrected chi connectivity index (χ3v) is 5.01. The Kier molecular flexibility index (Phi) is 4.74. The first-order valence-electron chi connectivity index (χ1n) is 8.09. The fourth-order valence-corrected chi connectivity index (χ4v) is 3.53. The van der Waals surface area contributed by atoms with E-state index in [1.165, 1.54) is 23.5 Å². The minimum absolute atomic E-state index is 0.167. The molecule has 0 saturated carbocycles. The number of nitrogens with one attached hydrogen (secondary N) is 3. The molecule has 2 unspecified atom stereocenters. The maximum Gasteiger partial charge on any atom is 0.268 e. The van der Waals surface area contributed by atoms with Crippen molar-refractivity contribution in [3.8, 4) is 10.8 Å². The maximum absolute atomic E-state index is 13.5. The van der Waals surface area contributed by atoms with Gasteiger partial charge >= 0.3 is 0 Å². The molecule has 1 aromatic carbocycles. The van der Waals surface area contributed by atoms with E-state index in [0.29, 0.717) is 18.3 Å². The number of hydrogen-bond donors (Lipinski definition) is 3. The second kappa shape index (κ2) is 7.32. The lowest BCUT2D eigenvalue weighted by molar-refractivity contribution is -0.125. The van der Waals surface area contributed by atoms with E-state index in [-0.39, 0.29) is 30.2 Å². The van der Waals surface area contributed by atoms with Gasteiger partial charge in [-0.1, -0.05) is 23.4 Å². The predicted molar refractivity (Wildman–Crippen MR) is 93.2 cm³/mol. The molecule has 3 N–H and O–H groups in total. The van der Waals surface area contributed by atoms with Gasteiger partial charge in [0.2, 0.25) is 5.91 Å². The van der Waals surface area contributed by atoms with E-state index in [9.17, 15) is 9.18 Å². The van der Waals surface area contributed by atoms with E-state index in [4.69, 9.17) is 4.52 Å². The summed E-state index contributed by atoms with van der Waals surface area (Å²) in [6, 6.07) is 9.71. The van der Waals surface area contributed by atoms with Crippen molar-refractivity contribution in [2.24, 2.45) is 5.92 Å². The molecule has 1 fully saturated rings. The Morgan fingerprint density at radius 1 is 1.38 bits per heavy atom. The van der Waals surface area contributed by atoms with Gasteiger partial charge in [0.25, 0.3) is 5.89 Å². The normalized spacial score (nSPS) is 19.6. The number of thiophene rings is 1. The highest BCUT2D eigenvalue weighted by molar-refractivity contribution is 7.13. The molecule has 2 aromatic heterocycles. The lowest BCUT2D eigenvalue weighted by atomic mass is 9.94. The van der Waals surface area contributed by atoms with E-state index in [1.807, 2.05) is 17.5 Å². The number of carbonyl (C=O) groups excluding carboxylic acids is 1. The fourth-order valence-electron chi connectivity index (χ4n) is 2.88. The van der Waals surface area contributed by atoms with Crippen molar-refractivity contribution in [2.75, 3.05) is 6.54 Å². The van der Waals surface area contributed by atoms with Gasteiger partial charge < -0.3 is 9.84 Å². The summed E-state index contributed by atoms with van der Waals surface area (Å²) in [5.41, 5.74) is 6.70. The first kappa shape index (κ1) is 16.8. The maximum atomic E-state index is 13.5. The van der Waals surface area contributed by atoms with Crippen molar-refractivity contribution in [1.82, 2.24) is 26.3 Å². The molecule has 3 aromatic rings. The van der Waals surface area contributed by atoms with E-state index in [1.54, 1.807) is 12.1 Å². The molecule has 0 spiro atoms. The molecule has 3 heterocycles. The van der Waals surface area contributed by atoms with Crippen molar-refractivity contribution in [1.29, 1.82) is 0 Å². The molecule has 1 aliphatic rings. The van der Waals surface area contributed by atoms with Crippen LogP contribution in [0.3, 0.4) is 0 Å². The monoisotopic (exact) mass is 373 g/mol. The van der Waals surface area contributed by atoms with Crippen LogP contribution in [0.25, 0.3) is 10.8 Å². The summed E-state index contributed by atoms with van der Waals surface area (Å²) in [5.74, 6) is -0.0305. The zero-order valence-electron chi connectivity index (χ0n) is 13.6. The molecule has 1 amide bonds. The second-order valence-corrected chi connectivity index (χ2v) is 6.82. The second-order valence-electron chi connectivity index (χ2n) is 5.88. The minimum atomic E-state index is -0.375. The van der Waals surface area contributed by atoms with Crippen LogP contribution in [-0.2, 0) is 11.3 Å². The SMILES string of the molecule is O=C(NCc1noc(-c2cccs2)n1)C1CNNC1c1cccc(F)c1. The highest BCUT2D eigenvalue weighted by Gasteiger charge is 2.34. The smallest absolute Gasteiger partial charge is 0.268 e. The number of hydrazine groups is 1. The van der Waals surface area contributed by atoms with Crippen LogP contribution in [0.5, 0.6) is 0 Å². The Bertz CT molecular complexity index is 898. The molecule has 4 rings (SSSR count). The van der Waals surface area contributed by atoms with E-state index in [2.05, 4.69) is 26.3 Å². The van der Waals surface area contributed by atoms with Crippen LogP contribution < -0.4 is 16.2 Å². The standard InChI is InChI=1S/C17H16FN5O2S/c18-11-4-1-3-10(7-11)15-12(8-20-22-15)16(24)19-9-14-21-17(25-23-14)13-5-2-6-26-13/h1-7,12,15,20,22H,8-9H2,(H,19,24). The van der Waals surface area contributed by atoms with Crippen molar-refractivity contribution >= 4 is 17.2 Å². The highest BCUT2D eigenvalue weighted by atomic mass is 32.1. The van der Waals surface area contributed by atoms with Crippen LogP contribution in [0, 0.1) is 11.7 Å². The summed E-state index contributed by atoms with van der Waals surface area (Å²) in [6.45, 7) is 0.611. The van der Waals surface area contributed by atoms with Gasteiger partial charge in [0, 0.05) is 6.54 Å². The molecule has 0 bridgehead atoms. The number of halogens is 1. The van der Waals surface area contributed by atoms with Gasteiger partial charge in [0.1, 0.15) is 5.82 Å². The molecule has 0 aliphatic carbocycles.